The van der Waals surface area contributed by atoms with Gasteiger partial charge in [-0.2, -0.15) is 0 Å². The molecule has 3 heteroatoms. The predicted molar refractivity (Wildman–Crippen MR) is 135 cm³/mol. The molecule has 0 saturated heterocycles. The van der Waals surface area contributed by atoms with E-state index in [-0.39, 0.29) is 16.8 Å². The van der Waals surface area contributed by atoms with E-state index in [0.717, 1.165) is 14.7 Å². The highest BCUT2D eigenvalue weighted by molar-refractivity contribution is 8.30. The molecule has 3 rings (SSSR count). The average molecular weight is 449 g/mol. The van der Waals surface area contributed by atoms with Crippen LogP contribution in [0, 0.1) is 0 Å². The second-order valence-electron chi connectivity index (χ2n) is 10.2. The number of benzene rings is 3. The minimum Gasteiger partial charge on any atom is -0.402 e. The molecule has 0 saturated carbocycles. The van der Waals surface area contributed by atoms with Crippen molar-refractivity contribution >= 4 is 16.3 Å². The zero-order valence-electron chi connectivity index (χ0n) is 20.4. The van der Waals surface area contributed by atoms with Gasteiger partial charge in [-0.15, -0.1) is 0 Å². The van der Waals surface area contributed by atoms with Gasteiger partial charge in [0, 0.05) is 21.1 Å². The Kier molecular flexibility index (Phi) is 6.90. The van der Waals surface area contributed by atoms with Crippen LogP contribution in [0.1, 0.15) is 66.0 Å². The minimum atomic E-state index is -2.22. The van der Waals surface area contributed by atoms with Gasteiger partial charge in [0.15, 0.2) is 0 Å². The van der Waals surface area contributed by atoms with E-state index in [9.17, 15) is 4.79 Å². The summed E-state index contributed by atoms with van der Waals surface area (Å²) in [5.74, 6) is -0.191. The van der Waals surface area contributed by atoms with Gasteiger partial charge in [0.2, 0.25) is 0 Å². The van der Waals surface area contributed by atoms with Gasteiger partial charge in [0.1, 0.15) is 0 Å². The molecule has 2 nitrogen and oxygen atoms in total. The third-order valence-corrected chi connectivity index (χ3v) is 8.93. The van der Waals surface area contributed by atoms with Gasteiger partial charge in [-0.25, -0.2) is 0 Å². The Labute approximate surface area is 195 Å². The van der Waals surface area contributed by atoms with Crippen molar-refractivity contribution in [3.63, 3.8) is 0 Å². The lowest BCUT2D eigenvalue weighted by atomic mass is 9.87. The minimum absolute atomic E-state index is 0.0533. The SMILES string of the molecule is CCC(=O)OS(c1ccccc1)(c1ccc(C(C)(C)C)cc1)c1ccc(C(C)(C)C)cc1. The second-order valence-corrected chi connectivity index (χ2v) is 12.9. The van der Waals surface area contributed by atoms with Crippen molar-refractivity contribution in [2.45, 2.75) is 80.4 Å². The van der Waals surface area contributed by atoms with Crippen LogP contribution in [-0.4, -0.2) is 5.97 Å². The van der Waals surface area contributed by atoms with Crippen LogP contribution in [0.5, 0.6) is 0 Å². The normalized spacial score (nSPS) is 13.0. The molecule has 170 valence electrons. The number of rotatable bonds is 5. The first-order chi connectivity index (χ1) is 15.0. The third-order valence-electron chi connectivity index (χ3n) is 5.69. The molecule has 0 radical (unpaired) electrons. The summed E-state index contributed by atoms with van der Waals surface area (Å²) in [7, 11) is -2.22. The molecular weight excluding hydrogens is 412 g/mol. The topological polar surface area (TPSA) is 26.3 Å². The summed E-state index contributed by atoms with van der Waals surface area (Å²) in [4.78, 5) is 15.9. The molecule has 32 heavy (non-hydrogen) atoms. The lowest BCUT2D eigenvalue weighted by Crippen LogP contribution is -2.15. The summed E-state index contributed by atoms with van der Waals surface area (Å²) in [6.45, 7) is 15.1. The van der Waals surface area contributed by atoms with E-state index in [1.807, 2.05) is 25.1 Å². The molecule has 0 amide bonds. The molecule has 0 spiro atoms. The van der Waals surface area contributed by atoms with E-state index in [2.05, 4.69) is 102 Å². The molecule has 0 fully saturated rings. The van der Waals surface area contributed by atoms with Gasteiger partial charge < -0.3 is 4.18 Å². The van der Waals surface area contributed by atoms with Crippen molar-refractivity contribution in [2.24, 2.45) is 0 Å². The molecule has 0 aliphatic rings. The molecule has 0 unspecified atom stereocenters. The van der Waals surface area contributed by atoms with Crippen molar-refractivity contribution in [2.75, 3.05) is 0 Å². The maximum atomic E-state index is 12.8. The maximum absolute atomic E-state index is 12.8. The largest absolute Gasteiger partial charge is 0.402 e. The van der Waals surface area contributed by atoms with Gasteiger partial charge in [0.25, 0.3) is 0 Å². The quantitative estimate of drug-likeness (QED) is 0.391. The van der Waals surface area contributed by atoms with Crippen molar-refractivity contribution in [3.05, 3.63) is 90.0 Å². The van der Waals surface area contributed by atoms with Gasteiger partial charge in [-0.05, 0) is 68.7 Å². The molecule has 3 aromatic carbocycles. The highest BCUT2D eigenvalue weighted by Gasteiger charge is 2.35. The van der Waals surface area contributed by atoms with Crippen LogP contribution in [0.25, 0.3) is 0 Å². The molecular formula is C29H36O2S. The van der Waals surface area contributed by atoms with Crippen LogP contribution in [-0.2, 0) is 19.8 Å². The first-order valence-corrected chi connectivity index (χ1v) is 12.9. The first kappa shape index (κ1) is 24.1. The van der Waals surface area contributed by atoms with Crippen LogP contribution < -0.4 is 0 Å². The van der Waals surface area contributed by atoms with Crippen molar-refractivity contribution < 1.29 is 8.98 Å². The Morgan fingerprint density at radius 2 is 1.03 bits per heavy atom. The average Bonchev–Trinajstić information content (AvgIpc) is 2.77. The van der Waals surface area contributed by atoms with Crippen molar-refractivity contribution in [1.82, 2.24) is 0 Å². The standard InChI is InChI=1S/C29H36O2S/c1-8-27(30)31-32(24-12-10-9-11-13-24,25-18-14-22(15-19-25)28(2,3)4)26-20-16-23(17-21-26)29(5,6)7/h9-21H,8H2,1-7H3. The van der Waals surface area contributed by atoms with Gasteiger partial charge in [-0.1, -0.05) is 90.9 Å². The fraction of sp³-hybridized carbons (Fsp3) is 0.345. The van der Waals surface area contributed by atoms with E-state index in [1.165, 1.54) is 11.1 Å². The molecule has 0 aliphatic heterocycles. The van der Waals surface area contributed by atoms with Crippen LogP contribution in [0.15, 0.2) is 93.5 Å². The molecule has 0 heterocycles. The summed E-state index contributed by atoms with van der Waals surface area (Å²) in [5, 5.41) is 0. The van der Waals surface area contributed by atoms with Crippen molar-refractivity contribution in [3.8, 4) is 0 Å². The molecule has 0 atom stereocenters. The van der Waals surface area contributed by atoms with Crippen LogP contribution >= 0.6 is 10.3 Å². The smallest absolute Gasteiger partial charge is 0.316 e. The Bertz CT molecular complexity index is 980. The van der Waals surface area contributed by atoms with Gasteiger partial charge >= 0.3 is 5.97 Å². The third kappa shape index (κ3) is 4.94. The predicted octanol–water partition coefficient (Wildman–Crippen LogP) is 8.43. The molecule has 0 aliphatic carbocycles. The molecule has 0 N–H and O–H groups in total. The molecule has 3 aromatic rings. The lowest BCUT2D eigenvalue weighted by Gasteiger charge is -2.40. The summed E-state index contributed by atoms with van der Waals surface area (Å²) >= 11 is 0. The number of carbonyl (C=O) groups is 1. The molecule has 0 bridgehead atoms. The summed E-state index contributed by atoms with van der Waals surface area (Å²) < 4.78 is 6.44. The monoisotopic (exact) mass is 448 g/mol. The summed E-state index contributed by atoms with van der Waals surface area (Å²) in [5.41, 5.74) is 2.62. The molecule has 0 aromatic heterocycles. The van der Waals surface area contributed by atoms with E-state index in [4.69, 9.17) is 4.18 Å². The first-order valence-electron chi connectivity index (χ1n) is 11.3. The number of hydrogen-bond donors (Lipinski definition) is 0. The highest BCUT2D eigenvalue weighted by Crippen LogP contribution is 2.69. The van der Waals surface area contributed by atoms with Crippen LogP contribution in [0.2, 0.25) is 0 Å². The van der Waals surface area contributed by atoms with Gasteiger partial charge in [-0.3, -0.25) is 4.79 Å². The summed E-state index contributed by atoms with van der Waals surface area (Å²) in [6, 6.07) is 27.4. The maximum Gasteiger partial charge on any atom is 0.316 e. The Hall–Kier alpha value is -2.52. The number of hydrogen-bond acceptors (Lipinski definition) is 2. The van der Waals surface area contributed by atoms with E-state index < -0.39 is 10.3 Å². The Balaban J connectivity index is 2.28. The van der Waals surface area contributed by atoms with Gasteiger partial charge in [0.05, 0.1) is 0 Å². The summed E-state index contributed by atoms with van der Waals surface area (Å²) in [6.07, 6.45) is 0.335. The zero-order chi connectivity index (χ0) is 23.6. The lowest BCUT2D eigenvalue weighted by molar-refractivity contribution is -0.133. The van der Waals surface area contributed by atoms with E-state index >= 15 is 0 Å². The Morgan fingerprint density at radius 3 is 1.38 bits per heavy atom. The van der Waals surface area contributed by atoms with E-state index in [1.54, 1.807) is 0 Å². The van der Waals surface area contributed by atoms with Crippen molar-refractivity contribution in [1.29, 1.82) is 0 Å². The van der Waals surface area contributed by atoms with Crippen LogP contribution in [0.3, 0.4) is 0 Å². The highest BCUT2D eigenvalue weighted by atomic mass is 32.3. The fourth-order valence-electron chi connectivity index (χ4n) is 3.66. The number of carbonyl (C=O) groups excluding carboxylic acids is 1. The van der Waals surface area contributed by atoms with Crippen LogP contribution in [0.4, 0.5) is 0 Å². The zero-order valence-corrected chi connectivity index (χ0v) is 21.3. The van der Waals surface area contributed by atoms with E-state index in [0.29, 0.717) is 6.42 Å². The fourth-order valence-corrected chi connectivity index (χ4v) is 6.74. The Morgan fingerprint density at radius 1 is 0.656 bits per heavy atom. The second kappa shape index (κ2) is 9.15.